The molecule has 0 spiro atoms. The fraction of sp³-hybridized carbons (Fsp3) is 0.706. The van der Waals surface area contributed by atoms with Crippen LogP contribution in [0, 0.1) is 0 Å². The molecule has 0 aliphatic carbocycles. The number of aliphatic imine (C=N–C) groups is 1. The zero-order chi connectivity index (χ0) is 16.2. The Bertz CT molecular complexity index is 399. The van der Waals surface area contributed by atoms with Crippen molar-refractivity contribution in [2.75, 3.05) is 33.2 Å². The van der Waals surface area contributed by atoms with Crippen molar-refractivity contribution in [1.82, 2.24) is 15.5 Å². The van der Waals surface area contributed by atoms with E-state index in [0.29, 0.717) is 6.04 Å². The molecule has 126 valence electrons. The molecule has 0 saturated heterocycles. The van der Waals surface area contributed by atoms with Crippen LogP contribution in [0.3, 0.4) is 0 Å². The quantitative estimate of drug-likeness (QED) is 0.515. The molecule has 0 fully saturated rings. The lowest BCUT2D eigenvalue weighted by Crippen LogP contribution is -2.43. The second-order valence-corrected chi connectivity index (χ2v) is 5.54. The molecule has 5 nitrogen and oxygen atoms in total. The summed E-state index contributed by atoms with van der Waals surface area (Å²) in [5.41, 5.74) is 0. The minimum Gasteiger partial charge on any atom is -0.469 e. The fourth-order valence-corrected chi connectivity index (χ4v) is 2.42. The van der Waals surface area contributed by atoms with E-state index in [4.69, 9.17) is 4.42 Å². The average molecular weight is 308 g/mol. The molecular formula is C17H32N4O. The first-order valence-electron chi connectivity index (χ1n) is 8.41. The Balaban J connectivity index is 2.18. The highest BCUT2D eigenvalue weighted by molar-refractivity contribution is 5.79. The fourth-order valence-electron chi connectivity index (χ4n) is 2.42. The molecular weight excluding hydrogens is 276 g/mol. The Morgan fingerprint density at radius 3 is 2.73 bits per heavy atom. The van der Waals surface area contributed by atoms with Crippen LogP contribution in [0.25, 0.3) is 0 Å². The molecule has 1 heterocycles. The van der Waals surface area contributed by atoms with Gasteiger partial charge in [-0.3, -0.25) is 4.99 Å². The Morgan fingerprint density at radius 2 is 2.14 bits per heavy atom. The van der Waals surface area contributed by atoms with Gasteiger partial charge in [0.2, 0.25) is 0 Å². The summed E-state index contributed by atoms with van der Waals surface area (Å²) in [5, 5.41) is 6.77. The summed E-state index contributed by atoms with van der Waals surface area (Å²) in [6, 6.07) is 4.33. The lowest BCUT2D eigenvalue weighted by atomic mass is 10.2. The second kappa shape index (κ2) is 11.1. The first-order chi connectivity index (χ1) is 10.7. The van der Waals surface area contributed by atoms with E-state index in [0.717, 1.165) is 44.2 Å². The Kier molecular flexibility index (Phi) is 9.39. The first kappa shape index (κ1) is 18.6. The van der Waals surface area contributed by atoms with Crippen molar-refractivity contribution in [1.29, 1.82) is 0 Å². The molecule has 0 aliphatic heterocycles. The maximum atomic E-state index is 5.32. The molecule has 0 amide bonds. The molecule has 0 radical (unpaired) electrons. The highest BCUT2D eigenvalue weighted by Crippen LogP contribution is 2.01. The normalized spacial score (nSPS) is 13.4. The van der Waals surface area contributed by atoms with Crippen LogP contribution in [0.4, 0.5) is 0 Å². The number of nitrogens with one attached hydrogen (secondary N) is 2. The summed E-state index contributed by atoms with van der Waals surface area (Å²) >= 11 is 0. The summed E-state index contributed by atoms with van der Waals surface area (Å²) in [6.07, 6.45) is 4.93. The van der Waals surface area contributed by atoms with E-state index in [1.54, 1.807) is 6.26 Å². The van der Waals surface area contributed by atoms with Crippen LogP contribution in [0.1, 0.15) is 39.4 Å². The molecule has 22 heavy (non-hydrogen) atoms. The van der Waals surface area contributed by atoms with Gasteiger partial charge in [0.05, 0.1) is 6.26 Å². The standard InChI is InChI=1S/C17H32N4O/c1-5-21(6-2)13-7-9-15(3)20-17(18-4)19-12-11-16-10-8-14-22-16/h8,10,14-15H,5-7,9,11-13H2,1-4H3,(H2,18,19,20). The van der Waals surface area contributed by atoms with Crippen molar-refractivity contribution in [3.63, 3.8) is 0 Å². The predicted molar refractivity (Wildman–Crippen MR) is 93.4 cm³/mol. The SMILES string of the molecule is CCN(CC)CCCC(C)NC(=NC)NCCc1ccco1. The van der Waals surface area contributed by atoms with Gasteiger partial charge in [-0.15, -0.1) is 0 Å². The zero-order valence-electron chi connectivity index (χ0n) is 14.6. The highest BCUT2D eigenvalue weighted by atomic mass is 16.3. The maximum Gasteiger partial charge on any atom is 0.191 e. The van der Waals surface area contributed by atoms with E-state index < -0.39 is 0 Å². The van der Waals surface area contributed by atoms with Crippen LogP contribution in [0.15, 0.2) is 27.8 Å². The number of guanidine groups is 1. The number of nitrogens with zero attached hydrogens (tertiary/aromatic N) is 2. The van der Waals surface area contributed by atoms with E-state index in [-0.39, 0.29) is 0 Å². The van der Waals surface area contributed by atoms with Crippen molar-refractivity contribution in [2.45, 2.75) is 46.1 Å². The summed E-state index contributed by atoms with van der Waals surface area (Å²) in [6.45, 7) is 10.9. The van der Waals surface area contributed by atoms with E-state index >= 15 is 0 Å². The number of hydrogen-bond acceptors (Lipinski definition) is 3. The van der Waals surface area contributed by atoms with Crippen LogP contribution >= 0.6 is 0 Å². The third-order valence-electron chi connectivity index (χ3n) is 3.86. The van der Waals surface area contributed by atoms with Gasteiger partial charge in [0.25, 0.3) is 0 Å². The van der Waals surface area contributed by atoms with Crippen molar-refractivity contribution in [2.24, 2.45) is 4.99 Å². The topological polar surface area (TPSA) is 52.8 Å². The van der Waals surface area contributed by atoms with Crippen LogP contribution in [-0.4, -0.2) is 50.1 Å². The summed E-state index contributed by atoms with van der Waals surface area (Å²) in [5.74, 6) is 1.86. The van der Waals surface area contributed by atoms with Crippen molar-refractivity contribution >= 4 is 5.96 Å². The second-order valence-electron chi connectivity index (χ2n) is 5.54. The summed E-state index contributed by atoms with van der Waals surface area (Å²) in [4.78, 5) is 6.74. The third-order valence-corrected chi connectivity index (χ3v) is 3.86. The molecule has 1 rings (SSSR count). The first-order valence-corrected chi connectivity index (χ1v) is 8.41. The van der Waals surface area contributed by atoms with Crippen molar-refractivity contribution in [3.8, 4) is 0 Å². The number of hydrogen-bond donors (Lipinski definition) is 2. The van der Waals surface area contributed by atoms with E-state index in [1.165, 1.54) is 13.0 Å². The van der Waals surface area contributed by atoms with Gasteiger partial charge in [-0.1, -0.05) is 13.8 Å². The Morgan fingerprint density at radius 1 is 1.36 bits per heavy atom. The largest absolute Gasteiger partial charge is 0.469 e. The average Bonchev–Trinajstić information content (AvgIpc) is 3.04. The molecule has 1 aromatic heterocycles. The summed E-state index contributed by atoms with van der Waals surface area (Å²) < 4.78 is 5.32. The van der Waals surface area contributed by atoms with Crippen molar-refractivity contribution in [3.05, 3.63) is 24.2 Å². The van der Waals surface area contributed by atoms with Crippen LogP contribution in [0.2, 0.25) is 0 Å². The third kappa shape index (κ3) is 7.50. The van der Waals surface area contributed by atoms with Gasteiger partial charge < -0.3 is 20.0 Å². The highest BCUT2D eigenvalue weighted by Gasteiger charge is 2.06. The number of furan rings is 1. The lowest BCUT2D eigenvalue weighted by molar-refractivity contribution is 0.292. The molecule has 0 aromatic carbocycles. The Hall–Kier alpha value is -1.49. The van der Waals surface area contributed by atoms with E-state index in [2.05, 4.69) is 41.3 Å². The number of rotatable bonds is 10. The molecule has 0 saturated carbocycles. The van der Waals surface area contributed by atoms with Gasteiger partial charge in [-0.2, -0.15) is 0 Å². The van der Waals surface area contributed by atoms with Crippen LogP contribution in [0.5, 0.6) is 0 Å². The van der Waals surface area contributed by atoms with Gasteiger partial charge in [0.15, 0.2) is 5.96 Å². The van der Waals surface area contributed by atoms with E-state index in [9.17, 15) is 0 Å². The lowest BCUT2D eigenvalue weighted by Gasteiger charge is -2.21. The maximum absolute atomic E-state index is 5.32. The Labute approximate surface area is 135 Å². The van der Waals surface area contributed by atoms with Crippen LogP contribution < -0.4 is 10.6 Å². The van der Waals surface area contributed by atoms with Gasteiger partial charge in [-0.05, 0) is 51.5 Å². The molecule has 1 atom stereocenters. The van der Waals surface area contributed by atoms with Gasteiger partial charge in [-0.25, -0.2) is 0 Å². The van der Waals surface area contributed by atoms with E-state index in [1.807, 2.05) is 19.2 Å². The molecule has 1 unspecified atom stereocenters. The molecule has 1 aromatic rings. The monoisotopic (exact) mass is 308 g/mol. The minimum absolute atomic E-state index is 0.422. The summed E-state index contributed by atoms with van der Waals surface area (Å²) in [7, 11) is 1.81. The molecule has 5 heteroatoms. The minimum atomic E-state index is 0.422. The molecule has 0 bridgehead atoms. The van der Waals surface area contributed by atoms with Crippen LogP contribution in [-0.2, 0) is 6.42 Å². The van der Waals surface area contributed by atoms with Gasteiger partial charge in [0.1, 0.15) is 5.76 Å². The molecule has 0 aliphatic rings. The van der Waals surface area contributed by atoms with Gasteiger partial charge >= 0.3 is 0 Å². The zero-order valence-corrected chi connectivity index (χ0v) is 14.6. The van der Waals surface area contributed by atoms with Gasteiger partial charge in [0, 0.05) is 26.1 Å². The smallest absolute Gasteiger partial charge is 0.191 e. The van der Waals surface area contributed by atoms with Crippen molar-refractivity contribution < 1.29 is 4.42 Å². The predicted octanol–water partition coefficient (Wildman–Crippen LogP) is 2.50. The molecule has 2 N–H and O–H groups in total.